The molecule has 6 rings (SSSR count). The molecule has 1 unspecified atom stereocenters. The SMILES string of the molecule is COc1ccc(-n2cnnn2)cc1C(=O)N(C)CC(CCN1CCC(Nc2nc3ccccc3n2CCCC(F)(F)F)CC1)c1ccc(Cl)c(Cl)c1. The van der Waals surface area contributed by atoms with Crippen molar-refractivity contribution in [2.45, 2.75) is 56.8 Å². The van der Waals surface area contributed by atoms with Crippen molar-refractivity contribution < 1.29 is 22.7 Å². The number of likely N-dealkylation sites (N-methyl/N-ethyl adjacent to an activating group) is 1. The first-order chi connectivity index (χ1) is 25.0. The molecule has 0 radical (unpaired) electrons. The molecule has 1 aliphatic rings. The number of carbonyl (C=O) groups is 1. The normalized spacial score (nSPS) is 14.8. The fraction of sp³-hybridized carbons (Fsp3) is 0.417. The predicted molar refractivity (Wildman–Crippen MR) is 195 cm³/mol. The van der Waals surface area contributed by atoms with Crippen LogP contribution >= 0.6 is 23.2 Å². The first-order valence-corrected chi connectivity index (χ1v) is 17.9. The number of fused-ring (bicyclic) bond motifs is 1. The van der Waals surface area contributed by atoms with E-state index in [9.17, 15) is 18.0 Å². The largest absolute Gasteiger partial charge is 0.496 e. The van der Waals surface area contributed by atoms with Gasteiger partial charge in [-0.15, -0.1) is 5.10 Å². The molecule has 0 spiro atoms. The van der Waals surface area contributed by atoms with Crippen LogP contribution in [0.2, 0.25) is 10.0 Å². The third kappa shape index (κ3) is 9.14. The summed E-state index contributed by atoms with van der Waals surface area (Å²) in [5.74, 6) is 0.778. The molecular formula is C36H40Cl2F3N9O2. The standard InChI is InChI=1S/C36H40Cl2F3N9O2/c1-47(34(51)28-21-27(9-11-33(28)52-2)50-23-42-45-46-50)22-25(24-8-10-29(37)30(38)20-24)12-17-48-18-13-26(14-19-48)43-35-44-31-6-3-4-7-32(31)49(35)16-5-15-36(39,40)41/h3-4,6-11,20-21,23,25-26H,5,12-19,22H2,1-2H3,(H,43,44). The van der Waals surface area contributed by atoms with Crippen LogP contribution in [0.1, 0.15) is 53.9 Å². The maximum Gasteiger partial charge on any atom is 0.389 e. The van der Waals surface area contributed by atoms with Crippen LogP contribution in [0.4, 0.5) is 19.1 Å². The number of alkyl halides is 3. The van der Waals surface area contributed by atoms with Crippen molar-refractivity contribution in [1.82, 2.24) is 39.6 Å². The van der Waals surface area contributed by atoms with Gasteiger partial charge < -0.3 is 24.4 Å². The van der Waals surface area contributed by atoms with Crippen molar-refractivity contribution in [1.29, 1.82) is 0 Å². The Labute approximate surface area is 309 Å². The van der Waals surface area contributed by atoms with Crippen molar-refractivity contribution in [2.75, 3.05) is 45.7 Å². The second-order valence-electron chi connectivity index (χ2n) is 13.0. The number of aryl methyl sites for hydroxylation is 1. The van der Waals surface area contributed by atoms with E-state index in [0.717, 1.165) is 55.5 Å². The minimum absolute atomic E-state index is 0.0155. The van der Waals surface area contributed by atoms with Gasteiger partial charge in [-0.1, -0.05) is 41.4 Å². The van der Waals surface area contributed by atoms with Crippen LogP contribution < -0.4 is 10.1 Å². The second kappa shape index (κ2) is 16.5. The molecule has 11 nitrogen and oxygen atoms in total. The average Bonchev–Trinajstić information content (AvgIpc) is 3.79. The Bertz CT molecular complexity index is 1960. The highest BCUT2D eigenvalue weighted by molar-refractivity contribution is 6.42. The number of para-hydroxylation sites is 2. The smallest absolute Gasteiger partial charge is 0.389 e. The van der Waals surface area contributed by atoms with Gasteiger partial charge in [-0.05, 0) is 90.7 Å². The van der Waals surface area contributed by atoms with E-state index in [-0.39, 0.29) is 30.8 Å². The monoisotopic (exact) mass is 757 g/mol. The lowest BCUT2D eigenvalue weighted by molar-refractivity contribution is -0.135. The summed E-state index contributed by atoms with van der Waals surface area (Å²) in [5, 5.41) is 15.8. The molecule has 52 heavy (non-hydrogen) atoms. The average molecular weight is 759 g/mol. The first-order valence-electron chi connectivity index (χ1n) is 17.1. The van der Waals surface area contributed by atoms with E-state index in [0.29, 0.717) is 39.5 Å². The summed E-state index contributed by atoms with van der Waals surface area (Å²) in [4.78, 5) is 22.7. The van der Waals surface area contributed by atoms with Crippen LogP contribution in [0.15, 0.2) is 67.0 Å². The van der Waals surface area contributed by atoms with Crippen molar-refractivity contribution in [3.05, 3.63) is 88.2 Å². The molecule has 276 valence electrons. The van der Waals surface area contributed by atoms with Gasteiger partial charge in [-0.3, -0.25) is 4.79 Å². The number of halogens is 5. The number of nitrogens with one attached hydrogen (secondary N) is 1. The molecule has 1 fully saturated rings. The highest BCUT2D eigenvalue weighted by Gasteiger charge is 2.28. The molecule has 1 amide bonds. The van der Waals surface area contributed by atoms with Gasteiger partial charge in [0.1, 0.15) is 12.1 Å². The van der Waals surface area contributed by atoms with E-state index in [2.05, 4.69) is 25.7 Å². The van der Waals surface area contributed by atoms with Gasteiger partial charge in [0, 0.05) is 51.6 Å². The summed E-state index contributed by atoms with van der Waals surface area (Å²) in [6.45, 7) is 3.09. The van der Waals surface area contributed by atoms with Crippen LogP contribution in [-0.2, 0) is 6.54 Å². The summed E-state index contributed by atoms with van der Waals surface area (Å²) in [7, 11) is 3.29. The van der Waals surface area contributed by atoms with E-state index in [1.807, 2.05) is 41.0 Å². The highest BCUT2D eigenvalue weighted by Crippen LogP contribution is 2.31. The van der Waals surface area contributed by atoms with Gasteiger partial charge in [0.05, 0.1) is 39.4 Å². The van der Waals surface area contributed by atoms with Gasteiger partial charge in [-0.2, -0.15) is 13.2 Å². The minimum Gasteiger partial charge on any atom is -0.496 e. The summed E-state index contributed by atoms with van der Waals surface area (Å²) < 4.78 is 47.6. The van der Waals surface area contributed by atoms with Crippen LogP contribution in [0.3, 0.4) is 0 Å². The van der Waals surface area contributed by atoms with Crippen molar-refractivity contribution in [3.63, 3.8) is 0 Å². The maximum atomic E-state index is 13.9. The third-order valence-corrected chi connectivity index (χ3v) is 10.2. The fourth-order valence-electron chi connectivity index (χ4n) is 6.71. The molecule has 5 aromatic rings. The van der Waals surface area contributed by atoms with Gasteiger partial charge >= 0.3 is 6.18 Å². The molecule has 0 bridgehead atoms. The van der Waals surface area contributed by atoms with Crippen LogP contribution in [-0.4, -0.2) is 98.0 Å². The Morgan fingerprint density at radius 3 is 2.56 bits per heavy atom. The molecular weight excluding hydrogens is 718 g/mol. The van der Waals surface area contributed by atoms with Crippen LogP contribution in [0, 0.1) is 0 Å². The molecule has 16 heteroatoms. The zero-order valence-corrected chi connectivity index (χ0v) is 30.4. The number of nitrogens with zero attached hydrogens (tertiary/aromatic N) is 8. The second-order valence-corrected chi connectivity index (χ2v) is 13.9. The lowest BCUT2D eigenvalue weighted by Gasteiger charge is -2.34. The number of tetrazole rings is 1. The number of likely N-dealkylation sites (tertiary alicyclic amines) is 1. The minimum atomic E-state index is -4.20. The Kier molecular flexibility index (Phi) is 11.9. The Balaban J connectivity index is 1.10. The molecule has 2 aromatic heterocycles. The quantitative estimate of drug-likeness (QED) is 0.124. The van der Waals surface area contributed by atoms with Gasteiger partial charge in [0.2, 0.25) is 5.95 Å². The molecule has 1 N–H and O–H groups in total. The van der Waals surface area contributed by atoms with E-state index in [1.165, 1.54) is 18.1 Å². The van der Waals surface area contributed by atoms with E-state index >= 15 is 0 Å². The van der Waals surface area contributed by atoms with Gasteiger partial charge in [0.15, 0.2) is 0 Å². The van der Waals surface area contributed by atoms with E-state index in [1.54, 1.807) is 36.2 Å². The lowest BCUT2D eigenvalue weighted by Crippen LogP contribution is -2.40. The number of rotatable bonds is 14. The number of aromatic nitrogens is 6. The fourth-order valence-corrected chi connectivity index (χ4v) is 7.01. The molecule has 0 aliphatic carbocycles. The Hall–Kier alpha value is -4.40. The first kappa shape index (κ1) is 37.4. The predicted octanol–water partition coefficient (Wildman–Crippen LogP) is 7.49. The number of ether oxygens (including phenoxy) is 1. The van der Waals surface area contributed by atoms with Crippen molar-refractivity contribution in [2.24, 2.45) is 0 Å². The number of methoxy groups -OCH3 is 1. The molecule has 3 aromatic carbocycles. The zero-order valence-electron chi connectivity index (χ0n) is 28.9. The summed E-state index contributed by atoms with van der Waals surface area (Å²) in [5.41, 5.74) is 3.56. The third-order valence-electron chi connectivity index (χ3n) is 9.49. The Morgan fingerprint density at radius 1 is 1.06 bits per heavy atom. The highest BCUT2D eigenvalue weighted by atomic mass is 35.5. The van der Waals surface area contributed by atoms with E-state index < -0.39 is 12.6 Å². The Morgan fingerprint density at radius 2 is 1.85 bits per heavy atom. The topological polar surface area (TPSA) is 106 Å². The van der Waals surface area contributed by atoms with Gasteiger partial charge in [-0.25, -0.2) is 9.67 Å². The van der Waals surface area contributed by atoms with Crippen LogP contribution in [0.25, 0.3) is 16.7 Å². The molecule has 0 saturated carbocycles. The summed E-state index contributed by atoms with van der Waals surface area (Å²) >= 11 is 12.7. The number of anilines is 1. The number of imidazole rings is 1. The number of hydrogen-bond donors (Lipinski definition) is 1. The molecule has 3 heterocycles. The molecule has 1 saturated heterocycles. The van der Waals surface area contributed by atoms with E-state index in [4.69, 9.17) is 32.9 Å². The zero-order chi connectivity index (χ0) is 36.8. The van der Waals surface area contributed by atoms with Crippen molar-refractivity contribution in [3.8, 4) is 11.4 Å². The number of carbonyl (C=O) groups excluding carboxylic acids is 1. The van der Waals surface area contributed by atoms with Gasteiger partial charge in [0.25, 0.3) is 5.91 Å². The molecule has 1 aliphatic heterocycles. The molecule has 1 atom stereocenters. The maximum absolute atomic E-state index is 13.9. The number of piperidine rings is 1. The lowest BCUT2D eigenvalue weighted by atomic mass is 9.94. The summed E-state index contributed by atoms with van der Waals surface area (Å²) in [6, 6.07) is 18.4. The number of hydrogen-bond acceptors (Lipinski definition) is 8. The number of benzene rings is 3. The van der Waals surface area contributed by atoms with Crippen molar-refractivity contribution >= 4 is 46.1 Å². The summed E-state index contributed by atoms with van der Waals surface area (Å²) in [6.07, 6.45) is -1.15. The number of amides is 1. The van der Waals surface area contributed by atoms with Crippen LogP contribution in [0.5, 0.6) is 5.75 Å².